The molecule has 0 heterocycles. The molecular weight excluding hydrogens is 270 g/mol. The molecule has 1 aromatic rings. The molecule has 0 saturated heterocycles. The predicted molar refractivity (Wildman–Crippen MR) is 64.2 cm³/mol. The van der Waals surface area contributed by atoms with Crippen LogP contribution in [0.4, 0.5) is 0 Å². The van der Waals surface area contributed by atoms with Crippen LogP contribution in [0.2, 0.25) is 0 Å². The molecule has 1 aliphatic carbocycles. The number of nitrogens with zero attached hydrogens (tertiary/aromatic N) is 1. The zero-order chi connectivity index (χ0) is 11.4. The Labute approximate surface area is 103 Å². The monoisotopic (exact) mass is 281 g/mol. The molecule has 1 aliphatic rings. The minimum Gasteiger partial charge on any atom is -0.492 e. The lowest BCUT2D eigenvalue weighted by atomic mass is 10.2. The van der Waals surface area contributed by atoms with Crippen LogP contribution < -0.4 is 4.74 Å². The minimum atomic E-state index is 0.358. The fourth-order valence-electron chi connectivity index (χ4n) is 1.37. The molecule has 16 heavy (non-hydrogen) atoms. The third kappa shape index (κ3) is 3.19. The van der Waals surface area contributed by atoms with Crippen LogP contribution in [-0.2, 0) is 11.3 Å². The standard InChI is InChI=1S/C12H12BrNO2/c13-11-4-3-10(6-14-8-15)5-12(11)16-7-9-1-2-9/h3-5,9H,1-2,6-7H2. The summed E-state index contributed by atoms with van der Waals surface area (Å²) in [5.41, 5.74) is 0.956. The van der Waals surface area contributed by atoms with Crippen molar-refractivity contribution in [2.45, 2.75) is 19.4 Å². The van der Waals surface area contributed by atoms with Gasteiger partial charge in [-0.2, -0.15) is 0 Å². The number of isocyanates is 1. The van der Waals surface area contributed by atoms with E-state index in [4.69, 9.17) is 4.74 Å². The summed E-state index contributed by atoms with van der Waals surface area (Å²) in [5.74, 6) is 1.55. The number of carbonyl (C=O) groups excluding carboxylic acids is 1. The molecule has 0 amide bonds. The molecule has 1 aromatic carbocycles. The Bertz CT molecular complexity index is 423. The second kappa shape index (κ2) is 5.28. The highest BCUT2D eigenvalue weighted by molar-refractivity contribution is 9.10. The Kier molecular flexibility index (Phi) is 3.75. The minimum absolute atomic E-state index is 0.358. The highest BCUT2D eigenvalue weighted by atomic mass is 79.9. The Morgan fingerprint density at radius 3 is 3.00 bits per heavy atom. The van der Waals surface area contributed by atoms with Crippen molar-refractivity contribution in [3.8, 4) is 5.75 Å². The maximum atomic E-state index is 10.0. The van der Waals surface area contributed by atoms with Crippen molar-refractivity contribution in [1.82, 2.24) is 0 Å². The van der Waals surface area contributed by atoms with E-state index in [0.717, 1.165) is 28.3 Å². The Balaban J connectivity index is 2.04. The lowest BCUT2D eigenvalue weighted by molar-refractivity contribution is 0.297. The van der Waals surface area contributed by atoms with Gasteiger partial charge in [0.2, 0.25) is 6.08 Å². The fourth-order valence-corrected chi connectivity index (χ4v) is 1.73. The third-order valence-corrected chi connectivity index (χ3v) is 3.15. The van der Waals surface area contributed by atoms with Crippen LogP contribution in [0.15, 0.2) is 27.7 Å². The number of rotatable bonds is 5. The molecule has 1 saturated carbocycles. The Morgan fingerprint density at radius 2 is 2.31 bits per heavy atom. The van der Waals surface area contributed by atoms with Crippen LogP contribution in [-0.4, -0.2) is 12.7 Å². The molecule has 1 fully saturated rings. The van der Waals surface area contributed by atoms with Gasteiger partial charge in [0.25, 0.3) is 0 Å². The largest absolute Gasteiger partial charge is 0.492 e. The molecule has 0 spiro atoms. The van der Waals surface area contributed by atoms with Gasteiger partial charge in [0.15, 0.2) is 0 Å². The first-order valence-corrected chi connectivity index (χ1v) is 6.04. The number of aliphatic imine (C=N–C) groups is 1. The summed E-state index contributed by atoms with van der Waals surface area (Å²) < 4.78 is 6.63. The van der Waals surface area contributed by atoms with Crippen molar-refractivity contribution in [2.24, 2.45) is 10.9 Å². The normalized spacial score (nSPS) is 14.3. The number of hydrogen-bond acceptors (Lipinski definition) is 3. The summed E-state index contributed by atoms with van der Waals surface area (Å²) in [6.45, 7) is 1.13. The van der Waals surface area contributed by atoms with E-state index >= 15 is 0 Å². The van der Waals surface area contributed by atoms with Gasteiger partial charge in [-0.25, -0.2) is 9.79 Å². The van der Waals surface area contributed by atoms with Gasteiger partial charge >= 0.3 is 0 Å². The van der Waals surface area contributed by atoms with E-state index in [2.05, 4.69) is 20.9 Å². The summed E-state index contributed by atoms with van der Waals surface area (Å²) in [6.07, 6.45) is 4.07. The van der Waals surface area contributed by atoms with Gasteiger partial charge in [-0.1, -0.05) is 6.07 Å². The topological polar surface area (TPSA) is 38.7 Å². The molecule has 0 radical (unpaired) electrons. The smallest absolute Gasteiger partial charge is 0.235 e. The molecule has 0 aliphatic heterocycles. The third-order valence-electron chi connectivity index (χ3n) is 2.49. The molecule has 4 heteroatoms. The molecule has 2 rings (SSSR count). The molecule has 0 N–H and O–H groups in total. The van der Waals surface area contributed by atoms with Gasteiger partial charge in [0.05, 0.1) is 17.6 Å². The zero-order valence-corrected chi connectivity index (χ0v) is 10.4. The highest BCUT2D eigenvalue weighted by Crippen LogP contribution is 2.32. The van der Waals surface area contributed by atoms with Crippen LogP contribution in [0, 0.1) is 5.92 Å². The van der Waals surface area contributed by atoms with Crippen LogP contribution in [0.25, 0.3) is 0 Å². The molecule has 0 bridgehead atoms. The second-order valence-electron chi connectivity index (χ2n) is 3.93. The lowest BCUT2D eigenvalue weighted by Gasteiger charge is -2.08. The van der Waals surface area contributed by atoms with Crippen LogP contribution in [0.1, 0.15) is 18.4 Å². The van der Waals surface area contributed by atoms with E-state index in [0.29, 0.717) is 6.54 Å². The highest BCUT2D eigenvalue weighted by Gasteiger charge is 2.22. The van der Waals surface area contributed by atoms with Crippen molar-refractivity contribution in [2.75, 3.05) is 6.61 Å². The Hall–Kier alpha value is -1.12. The molecule has 84 valence electrons. The molecule has 0 unspecified atom stereocenters. The molecule has 3 nitrogen and oxygen atoms in total. The summed E-state index contributed by atoms with van der Waals surface area (Å²) >= 11 is 3.44. The first kappa shape index (κ1) is 11.4. The molecular formula is C12H12BrNO2. The van der Waals surface area contributed by atoms with Gasteiger partial charge in [0, 0.05) is 0 Å². The van der Waals surface area contributed by atoms with Gasteiger partial charge in [0.1, 0.15) is 5.75 Å². The van der Waals surface area contributed by atoms with E-state index in [1.165, 1.54) is 18.9 Å². The van der Waals surface area contributed by atoms with E-state index in [-0.39, 0.29) is 0 Å². The summed E-state index contributed by atoms with van der Waals surface area (Å²) in [6, 6.07) is 5.74. The van der Waals surface area contributed by atoms with Gasteiger partial charge in [-0.15, -0.1) is 0 Å². The maximum Gasteiger partial charge on any atom is 0.235 e. The van der Waals surface area contributed by atoms with E-state index < -0.39 is 0 Å². The zero-order valence-electron chi connectivity index (χ0n) is 8.78. The summed E-state index contributed by atoms with van der Waals surface area (Å²) in [4.78, 5) is 13.6. The Morgan fingerprint density at radius 1 is 1.50 bits per heavy atom. The summed E-state index contributed by atoms with van der Waals surface area (Å²) in [5, 5.41) is 0. The lowest BCUT2D eigenvalue weighted by Crippen LogP contribution is -2.00. The first-order chi connectivity index (χ1) is 7.79. The van der Waals surface area contributed by atoms with Crippen molar-refractivity contribution in [3.05, 3.63) is 28.2 Å². The first-order valence-electron chi connectivity index (χ1n) is 5.24. The quantitative estimate of drug-likeness (QED) is 0.615. The van der Waals surface area contributed by atoms with E-state index in [1.54, 1.807) is 0 Å². The maximum absolute atomic E-state index is 10.0. The van der Waals surface area contributed by atoms with Crippen LogP contribution in [0.3, 0.4) is 0 Å². The van der Waals surface area contributed by atoms with Crippen molar-refractivity contribution in [1.29, 1.82) is 0 Å². The van der Waals surface area contributed by atoms with Crippen molar-refractivity contribution in [3.63, 3.8) is 0 Å². The number of halogens is 1. The van der Waals surface area contributed by atoms with Crippen LogP contribution in [0.5, 0.6) is 5.75 Å². The van der Waals surface area contributed by atoms with Crippen molar-refractivity contribution >= 4 is 22.0 Å². The van der Waals surface area contributed by atoms with Gasteiger partial charge in [-0.3, -0.25) is 0 Å². The van der Waals surface area contributed by atoms with Gasteiger partial charge in [-0.05, 0) is 52.4 Å². The molecule has 0 aromatic heterocycles. The SMILES string of the molecule is O=C=NCc1ccc(Br)c(OCC2CC2)c1. The van der Waals surface area contributed by atoms with Crippen molar-refractivity contribution < 1.29 is 9.53 Å². The fraction of sp³-hybridized carbons (Fsp3) is 0.417. The van der Waals surface area contributed by atoms with E-state index in [1.807, 2.05) is 18.2 Å². The summed E-state index contributed by atoms with van der Waals surface area (Å²) in [7, 11) is 0. The average molecular weight is 282 g/mol. The average Bonchev–Trinajstić information content (AvgIpc) is 3.10. The van der Waals surface area contributed by atoms with Gasteiger partial charge < -0.3 is 4.74 Å². The number of ether oxygens (including phenoxy) is 1. The second-order valence-corrected chi connectivity index (χ2v) is 4.78. The van der Waals surface area contributed by atoms with E-state index in [9.17, 15) is 4.79 Å². The predicted octanol–water partition coefficient (Wildman–Crippen LogP) is 3.07. The number of benzene rings is 1. The number of hydrogen-bond donors (Lipinski definition) is 0. The van der Waals surface area contributed by atoms with Crippen LogP contribution >= 0.6 is 15.9 Å². The molecule has 0 atom stereocenters.